The van der Waals surface area contributed by atoms with Crippen LogP contribution in [0.5, 0.6) is 5.75 Å². The Morgan fingerprint density at radius 1 is 1.00 bits per heavy atom. The van der Waals surface area contributed by atoms with Gasteiger partial charge in [0.05, 0.1) is 12.1 Å². The molecule has 0 atom stereocenters. The van der Waals surface area contributed by atoms with Gasteiger partial charge in [0.15, 0.2) is 17.0 Å². The first-order valence-corrected chi connectivity index (χ1v) is 8.85. The zero-order valence-corrected chi connectivity index (χ0v) is 15.0. The van der Waals surface area contributed by atoms with Gasteiger partial charge in [-0.1, -0.05) is 6.07 Å². The fourth-order valence-electron chi connectivity index (χ4n) is 3.03. The molecule has 0 amide bonds. The summed E-state index contributed by atoms with van der Waals surface area (Å²) >= 11 is 0. The third kappa shape index (κ3) is 4.32. The number of H-pyrrole nitrogens is 1. The van der Waals surface area contributed by atoms with E-state index in [1.54, 1.807) is 13.0 Å². The number of fused-ring (bicyclic) bond motifs is 1. The third-order valence-electron chi connectivity index (χ3n) is 4.55. The zero-order valence-electron chi connectivity index (χ0n) is 15.0. The molecule has 1 heterocycles. The molecule has 0 radical (unpaired) electrons. The van der Waals surface area contributed by atoms with Crippen LogP contribution < -0.4 is 10.2 Å². The van der Waals surface area contributed by atoms with Crippen molar-refractivity contribution in [3.8, 4) is 5.75 Å². The van der Waals surface area contributed by atoms with Crippen LogP contribution in [0.15, 0.2) is 41.2 Å². The van der Waals surface area contributed by atoms with Gasteiger partial charge >= 0.3 is 0 Å². The predicted octanol–water partition coefficient (Wildman–Crippen LogP) is 5.05. The van der Waals surface area contributed by atoms with E-state index in [-0.39, 0.29) is 16.7 Å². The van der Waals surface area contributed by atoms with E-state index >= 15 is 0 Å². The van der Waals surface area contributed by atoms with Crippen LogP contribution in [0.3, 0.4) is 0 Å². The monoisotopic (exact) mass is 375 g/mol. The fourth-order valence-corrected chi connectivity index (χ4v) is 3.03. The first-order chi connectivity index (χ1) is 13.0. The lowest BCUT2D eigenvalue weighted by molar-refractivity contribution is 0.290. The minimum Gasteiger partial charge on any atom is -0.491 e. The topological polar surface area (TPSA) is 42.1 Å². The van der Waals surface area contributed by atoms with Crippen LogP contribution >= 0.6 is 0 Å². The van der Waals surface area contributed by atoms with Crippen LogP contribution in [-0.4, -0.2) is 11.6 Å². The van der Waals surface area contributed by atoms with Gasteiger partial charge in [-0.15, -0.1) is 0 Å². The van der Waals surface area contributed by atoms with E-state index in [0.717, 1.165) is 30.7 Å². The number of aromatic amines is 1. The number of halogens is 3. The van der Waals surface area contributed by atoms with E-state index in [1.165, 1.54) is 18.2 Å². The highest BCUT2D eigenvalue weighted by molar-refractivity contribution is 5.79. The molecule has 1 aromatic heterocycles. The number of hydrogen-bond donors (Lipinski definition) is 1. The van der Waals surface area contributed by atoms with Crippen LogP contribution in [0, 0.1) is 24.4 Å². The standard InChI is InChI=1S/C21H20F3NO2/c1-13-18(25-20-15(21(13)26)6-5-7-16(20)23)8-3-2-4-11-27-19-10-9-14(22)12-17(19)24/h5-7,9-10,12H,2-4,8,11H2,1H3,(H,25,26). The summed E-state index contributed by atoms with van der Waals surface area (Å²) < 4.78 is 45.6. The van der Waals surface area contributed by atoms with Gasteiger partial charge in [0.2, 0.25) is 0 Å². The molecule has 2 aromatic carbocycles. The summed E-state index contributed by atoms with van der Waals surface area (Å²) in [6.45, 7) is 2.04. The minimum absolute atomic E-state index is 0.0292. The van der Waals surface area contributed by atoms with Gasteiger partial charge in [-0.2, -0.15) is 0 Å². The van der Waals surface area contributed by atoms with Gasteiger partial charge < -0.3 is 9.72 Å². The molecular weight excluding hydrogens is 355 g/mol. The normalized spacial score (nSPS) is 11.1. The molecule has 142 valence electrons. The number of pyridine rings is 1. The van der Waals surface area contributed by atoms with Crippen LogP contribution in [0.1, 0.15) is 30.5 Å². The maximum Gasteiger partial charge on any atom is 0.192 e. The van der Waals surface area contributed by atoms with Crippen molar-refractivity contribution in [1.29, 1.82) is 0 Å². The third-order valence-corrected chi connectivity index (χ3v) is 4.55. The lowest BCUT2D eigenvalue weighted by Crippen LogP contribution is -2.12. The van der Waals surface area contributed by atoms with E-state index < -0.39 is 17.5 Å². The van der Waals surface area contributed by atoms with Gasteiger partial charge in [-0.25, -0.2) is 13.2 Å². The van der Waals surface area contributed by atoms with Crippen LogP contribution in [0.2, 0.25) is 0 Å². The molecule has 0 saturated heterocycles. The summed E-state index contributed by atoms with van der Waals surface area (Å²) in [6.07, 6.45) is 2.85. The van der Waals surface area contributed by atoms with Crippen LogP contribution in [-0.2, 0) is 6.42 Å². The number of ether oxygens (including phenoxy) is 1. The molecule has 0 saturated carbocycles. The zero-order chi connectivity index (χ0) is 19.4. The summed E-state index contributed by atoms with van der Waals surface area (Å²) in [5.41, 5.74) is 1.40. The Kier molecular flexibility index (Phi) is 5.84. The molecule has 0 aliphatic heterocycles. The second-order valence-electron chi connectivity index (χ2n) is 6.45. The average Bonchev–Trinajstić information content (AvgIpc) is 2.64. The highest BCUT2D eigenvalue weighted by Gasteiger charge is 2.11. The molecule has 27 heavy (non-hydrogen) atoms. The number of rotatable bonds is 7. The maximum absolute atomic E-state index is 13.9. The SMILES string of the molecule is Cc1c(CCCCCOc2ccc(F)cc2F)[nH]c2c(F)cccc2c1=O. The molecular formula is C21H20F3NO2. The molecule has 0 unspecified atom stereocenters. The Morgan fingerprint density at radius 3 is 2.59 bits per heavy atom. The van der Waals surface area contributed by atoms with Crippen LogP contribution in [0.4, 0.5) is 13.2 Å². The highest BCUT2D eigenvalue weighted by atomic mass is 19.1. The van der Waals surface area contributed by atoms with Crippen molar-refractivity contribution in [2.75, 3.05) is 6.61 Å². The molecule has 0 bridgehead atoms. The molecule has 1 N–H and O–H groups in total. The Bertz CT molecular complexity index is 1010. The maximum atomic E-state index is 13.9. The average molecular weight is 375 g/mol. The first-order valence-electron chi connectivity index (χ1n) is 8.85. The summed E-state index contributed by atoms with van der Waals surface area (Å²) in [6, 6.07) is 7.66. The number of unbranched alkanes of at least 4 members (excludes halogenated alkanes) is 2. The Hall–Kier alpha value is -2.76. The lowest BCUT2D eigenvalue weighted by Gasteiger charge is -2.10. The van der Waals surface area contributed by atoms with E-state index in [9.17, 15) is 18.0 Å². The van der Waals surface area contributed by atoms with Gasteiger partial charge in [-0.3, -0.25) is 4.79 Å². The quantitative estimate of drug-likeness (QED) is 0.588. The highest BCUT2D eigenvalue weighted by Crippen LogP contribution is 2.19. The van der Waals surface area contributed by atoms with Gasteiger partial charge in [0, 0.05) is 22.7 Å². The summed E-state index contributed by atoms with van der Waals surface area (Å²) in [5.74, 6) is -1.78. The van der Waals surface area contributed by atoms with Crippen molar-refractivity contribution >= 4 is 10.9 Å². The minimum atomic E-state index is -0.721. The molecule has 0 aliphatic rings. The molecule has 3 nitrogen and oxygen atoms in total. The van der Waals surface area contributed by atoms with E-state index in [0.29, 0.717) is 30.4 Å². The van der Waals surface area contributed by atoms with Crippen molar-refractivity contribution in [3.05, 3.63) is 75.3 Å². The number of hydrogen-bond acceptors (Lipinski definition) is 2. The number of para-hydroxylation sites is 1. The number of benzene rings is 2. The number of aryl methyl sites for hydroxylation is 1. The second kappa shape index (κ2) is 8.29. The Labute approximate surface area is 154 Å². The van der Waals surface area contributed by atoms with Gasteiger partial charge in [0.1, 0.15) is 11.6 Å². The molecule has 3 rings (SSSR count). The Balaban J connectivity index is 1.54. The van der Waals surface area contributed by atoms with Crippen LogP contribution in [0.25, 0.3) is 10.9 Å². The van der Waals surface area contributed by atoms with E-state index in [1.807, 2.05) is 0 Å². The fraction of sp³-hybridized carbons (Fsp3) is 0.286. The first kappa shape index (κ1) is 19.0. The van der Waals surface area contributed by atoms with E-state index in [2.05, 4.69) is 4.98 Å². The molecule has 0 aliphatic carbocycles. The lowest BCUT2D eigenvalue weighted by atomic mass is 10.0. The predicted molar refractivity (Wildman–Crippen MR) is 98.7 cm³/mol. The van der Waals surface area contributed by atoms with E-state index in [4.69, 9.17) is 4.74 Å². The van der Waals surface area contributed by atoms with Crippen molar-refractivity contribution in [3.63, 3.8) is 0 Å². The molecule has 0 fully saturated rings. The summed E-state index contributed by atoms with van der Waals surface area (Å²) in [5, 5.41) is 0.353. The largest absolute Gasteiger partial charge is 0.491 e. The van der Waals surface area contributed by atoms with Gasteiger partial charge in [0.25, 0.3) is 0 Å². The van der Waals surface area contributed by atoms with Crippen molar-refractivity contribution in [1.82, 2.24) is 4.98 Å². The number of nitrogens with one attached hydrogen (secondary N) is 1. The molecule has 3 aromatic rings. The summed E-state index contributed by atoms with van der Waals surface area (Å²) in [4.78, 5) is 15.4. The van der Waals surface area contributed by atoms with Crippen molar-refractivity contribution in [2.24, 2.45) is 0 Å². The van der Waals surface area contributed by atoms with Gasteiger partial charge in [-0.05, 0) is 56.9 Å². The number of aromatic nitrogens is 1. The summed E-state index contributed by atoms with van der Waals surface area (Å²) in [7, 11) is 0. The van der Waals surface area contributed by atoms with Crippen molar-refractivity contribution < 1.29 is 17.9 Å². The Morgan fingerprint density at radius 2 is 1.81 bits per heavy atom. The smallest absolute Gasteiger partial charge is 0.192 e. The molecule has 0 spiro atoms. The second-order valence-corrected chi connectivity index (χ2v) is 6.45. The molecule has 6 heteroatoms. The van der Waals surface area contributed by atoms with Crippen molar-refractivity contribution in [2.45, 2.75) is 32.6 Å².